The van der Waals surface area contributed by atoms with Gasteiger partial charge in [-0.3, -0.25) is 0 Å². The lowest BCUT2D eigenvalue weighted by Crippen LogP contribution is -2.11. The highest BCUT2D eigenvalue weighted by Gasteiger charge is 2.15. The summed E-state index contributed by atoms with van der Waals surface area (Å²) in [6.45, 7) is 3.90. The lowest BCUT2D eigenvalue weighted by atomic mass is 10.2. The minimum atomic E-state index is -0.787. The number of nitrogens with one attached hydrogen (secondary N) is 1. The number of hydrogen-bond acceptors (Lipinski definition) is 6. The SMILES string of the molecule is C=CC(=O)OCCCCOc1ccc(C(=O)Oc2ccc(NC)cc2)c(F)c1. The van der Waals surface area contributed by atoms with Crippen LogP contribution in [0.3, 0.4) is 0 Å². The van der Waals surface area contributed by atoms with Gasteiger partial charge in [-0.05, 0) is 49.2 Å². The Hall–Kier alpha value is -3.35. The molecule has 2 rings (SSSR count). The maximum Gasteiger partial charge on any atom is 0.346 e. The monoisotopic (exact) mass is 387 g/mol. The van der Waals surface area contributed by atoms with E-state index in [1.807, 2.05) is 0 Å². The summed E-state index contributed by atoms with van der Waals surface area (Å²) in [5, 5.41) is 2.95. The van der Waals surface area contributed by atoms with Crippen molar-refractivity contribution in [3.63, 3.8) is 0 Å². The summed E-state index contributed by atoms with van der Waals surface area (Å²) in [5.41, 5.74) is 0.688. The predicted molar refractivity (Wildman–Crippen MR) is 103 cm³/mol. The summed E-state index contributed by atoms with van der Waals surface area (Å²) in [4.78, 5) is 23.0. The van der Waals surface area contributed by atoms with E-state index in [-0.39, 0.29) is 12.2 Å². The van der Waals surface area contributed by atoms with Crippen molar-refractivity contribution in [2.24, 2.45) is 0 Å². The van der Waals surface area contributed by atoms with Crippen molar-refractivity contribution in [1.29, 1.82) is 0 Å². The molecule has 0 heterocycles. The molecule has 2 aromatic carbocycles. The van der Waals surface area contributed by atoms with Crippen LogP contribution in [-0.2, 0) is 9.53 Å². The van der Waals surface area contributed by atoms with Gasteiger partial charge in [0.25, 0.3) is 0 Å². The molecule has 0 bridgehead atoms. The molecule has 0 amide bonds. The van der Waals surface area contributed by atoms with E-state index in [2.05, 4.69) is 11.9 Å². The smallest absolute Gasteiger partial charge is 0.346 e. The topological polar surface area (TPSA) is 73.9 Å². The minimum absolute atomic E-state index is 0.179. The molecule has 2 aromatic rings. The van der Waals surface area contributed by atoms with Gasteiger partial charge in [0.1, 0.15) is 17.3 Å². The highest BCUT2D eigenvalue weighted by Crippen LogP contribution is 2.20. The number of esters is 2. The van der Waals surface area contributed by atoms with E-state index in [0.717, 1.165) is 17.8 Å². The van der Waals surface area contributed by atoms with E-state index in [1.54, 1.807) is 31.3 Å². The number of carbonyl (C=O) groups is 2. The molecule has 0 unspecified atom stereocenters. The van der Waals surface area contributed by atoms with Crippen molar-refractivity contribution in [1.82, 2.24) is 0 Å². The Balaban J connectivity index is 1.82. The maximum absolute atomic E-state index is 14.2. The van der Waals surface area contributed by atoms with Crippen LogP contribution in [-0.4, -0.2) is 32.2 Å². The van der Waals surface area contributed by atoms with Crippen molar-refractivity contribution < 1.29 is 28.2 Å². The second-order valence-electron chi connectivity index (χ2n) is 5.73. The molecule has 0 aliphatic carbocycles. The fraction of sp³-hybridized carbons (Fsp3) is 0.238. The summed E-state index contributed by atoms with van der Waals surface area (Å²) in [6.07, 6.45) is 2.33. The molecule has 0 saturated carbocycles. The molecule has 0 spiro atoms. The maximum atomic E-state index is 14.2. The Kier molecular flexibility index (Phi) is 8.02. The first-order valence-corrected chi connectivity index (χ1v) is 8.75. The van der Waals surface area contributed by atoms with Crippen LogP contribution in [0.15, 0.2) is 55.1 Å². The molecule has 28 heavy (non-hydrogen) atoms. The lowest BCUT2D eigenvalue weighted by molar-refractivity contribution is -0.137. The zero-order chi connectivity index (χ0) is 20.4. The lowest BCUT2D eigenvalue weighted by Gasteiger charge is -2.09. The van der Waals surface area contributed by atoms with Crippen LogP contribution in [0.2, 0.25) is 0 Å². The van der Waals surface area contributed by atoms with Gasteiger partial charge in [0, 0.05) is 24.9 Å². The van der Waals surface area contributed by atoms with E-state index >= 15 is 0 Å². The van der Waals surface area contributed by atoms with Crippen molar-refractivity contribution in [3.8, 4) is 11.5 Å². The van der Waals surface area contributed by atoms with E-state index in [1.165, 1.54) is 12.1 Å². The third-order valence-electron chi connectivity index (χ3n) is 3.73. The Morgan fingerprint density at radius 1 is 1.07 bits per heavy atom. The van der Waals surface area contributed by atoms with E-state index in [0.29, 0.717) is 30.9 Å². The molecular weight excluding hydrogens is 365 g/mol. The van der Waals surface area contributed by atoms with Crippen LogP contribution in [0.5, 0.6) is 11.5 Å². The number of hydrogen-bond donors (Lipinski definition) is 1. The number of rotatable bonds is 10. The second-order valence-corrected chi connectivity index (χ2v) is 5.73. The Bertz CT molecular complexity index is 820. The van der Waals surface area contributed by atoms with E-state index in [4.69, 9.17) is 14.2 Å². The third kappa shape index (κ3) is 6.42. The number of benzene rings is 2. The number of carbonyl (C=O) groups excluding carboxylic acids is 2. The zero-order valence-corrected chi connectivity index (χ0v) is 15.6. The number of unbranched alkanes of at least 4 members (excludes halogenated alkanes) is 1. The Labute approximate surface area is 162 Å². The largest absolute Gasteiger partial charge is 0.493 e. The molecular formula is C21H22FNO5. The summed E-state index contributed by atoms with van der Waals surface area (Å²) < 4.78 is 29.7. The molecule has 0 atom stereocenters. The van der Waals surface area contributed by atoms with E-state index in [9.17, 15) is 14.0 Å². The normalized spacial score (nSPS) is 10.1. The minimum Gasteiger partial charge on any atom is -0.493 e. The quantitative estimate of drug-likeness (QED) is 0.288. The molecule has 0 aliphatic heterocycles. The molecule has 0 saturated heterocycles. The first-order valence-electron chi connectivity index (χ1n) is 8.75. The predicted octanol–water partition coefficient (Wildman–Crippen LogP) is 3.97. The van der Waals surface area contributed by atoms with Gasteiger partial charge in [-0.2, -0.15) is 0 Å². The molecule has 0 aromatic heterocycles. The fourth-order valence-corrected chi connectivity index (χ4v) is 2.23. The summed E-state index contributed by atoms with van der Waals surface area (Å²) in [6, 6.07) is 10.7. The fourth-order valence-electron chi connectivity index (χ4n) is 2.23. The molecule has 148 valence electrons. The van der Waals surface area contributed by atoms with E-state index < -0.39 is 17.8 Å². The Morgan fingerprint density at radius 2 is 1.75 bits per heavy atom. The van der Waals surface area contributed by atoms with Gasteiger partial charge in [0.05, 0.1) is 18.8 Å². The Morgan fingerprint density at radius 3 is 2.39 bits per heavy atom. The van der Waals surface area contributed by atoms with Crippen LogP contribution < -0.4 is 14.8 Å². The van der Waals surface area contributed by atoms with Crippen LogP contribution >= 0.6 is 0 Å². The summed E-state index contributed by atoms with van der Waals surface area (Å²) in [7, 11) is 1.78. The van der Waals surface area contributed by atoms with Crippen molar-refractivity contribution in [3.05, 3.63) is 66.5 Å². The number of halogens is 1. The first kappa shape index (κ1) is 21.0. The van der Waals surface area contributed by atoms with Crippen molar-refractivity contribution in [2.75, 3.05) is 25.6 Å². The number of anilines is 1. The molecule has 6 nitrogen and oxygen atoms in total. The molecule has 0 fully saturated rings. The summed E-state index contributed by atoms with van der Waals surface area (Å²) in [5.74, 6) is -1.36. The highest BCUT2D eigenvalue weighted by molar-refractivity contribution is 5.91. The van der Waals surface area contributed by atoms with Gasteiger partial charge in [-0.25, -0.2) is 14.0 Å². The standard InChI is InChI=1S/C21H22FNO5/c1-3-20(24)27-13-5-4-12-26-17-10-11-18(19(22)14-17)21(25)28-16-8-6-15(23-2)7-9-16/h3,6-11,14,23H,1,4-5,12-13H2,2H3. The second kappa shape index (κ2) is 10.7. The van der Waals surface area contributed by atoms with Crippen molar-refractivity contribution in [2.45, 2.75) is 12.8 Å². The summed E-state index contributed by atoms with van der Waals surface area (Å²) >= 11 is 0. The van der Waals surface area contributed by atoms with Crippen LogP contribution in [0.4, 0.5) is 10.1 Å². The third-order valence-corrected chi connectivity index (χ3v) is 3.73. The molecule has 7 heteroatoms. The van der Waals surface area contributed by atoms with Gasteiger partial charge in [-0.15, -0.1) is 0 Å². The van der Waals surface area contributed by atoms with Crippen LogP contribution in [0, 0.1) is 5.82 Å². The average Bonchev–Trinajstić information content (AvgIpc) is 2.70. The van der Waals surface area contributed by atoms with Gasteiger partial charge in [0.2, 0.25) is 0 Å². The molecule has 1 N–H and O–H groups in total. The van der Waals surface area contributed by atoms with Crippen LogP contribution in [0.1, 0.15) is 23.2 Å². The van der Waals surface area contributed by atoms with Crippen molar-refractivity contribution >= 4 is 17.6 Å². The van der Waals surface area contributed by atoms with Gasteiger partial charge in [0.15, 0.2) is 0 Å². The molecule has 0 radical (unpaired) electrons. The number of ether oxygens (including phenoxy) is 3. The zero-order valence-electron chi connectivity index (χ0n) is 15.6. The van der Waals surface area contributed by atoms with Crippen LogP contribution in [0.25, 0.3) is 0 Å². The van der Waals surface area contributed by atoms with Gasteiger partial charge < -0.3 is 19.5 Å². The average molecular weight is 387 g/mol. The van der Waals surface area contributed by atoms with Gasteiger partial charge >= 0.3 is 11.9 Å². The first-order chi connectivity index (χ1) is 13.5. The highest BCUT2D eigenvalue weighted by atomic mass is 19.1. The van der Waals surface area contributed by atoms with Gasteiger partial charge in [-0.1, -0.05) is 6.58 Å². The molecule has 0 aliphatic rings.